The highest BCUT2D eigenvalue weighted by Gasteiger charge is 2.22. The second kappa shape index (κ2) is 7.87. The molecule has 0 radical (unpaired) electrons. The Bertz CT molecular complexity index is 1250. The molecule has 1 aliphatic rings. The molecule has 0 saturated heterocycles. The summed E-state index contributed by atoms with van der Waals surface area (Å²) in [6.45, 7) is 0. The molecule has 0 bridgehead atoms. The van der Waals surface area contributed by atoms with Gasteiger partial charge in [-0.15, -0.1) is 0 Å². The Balaban J connectivity index is 1.81. The van der Waals surface area contributed by atoms with E-state index in [0.29, 0.717) is 28.7 Å². The zero-order valence-corrected chi connectivity index (χ0v) is 16.2. The summed E-state index contributed by atoms with van der Waals surface area (Å²) in [5.41, 5.74) is 2.82. The zero-order valence-electron chi connectivity index (χ0n) is 16.2. The lowest BCUT2D eigenvalue weighted by Crippen LogP contribution is -2.22. The Morgan fingerprint density at radius 2 is 1.97 bits per heavy atom. The standard InChI is InChI=1S/C23H19NO6/c1-29-18-8-3-2-5-13(18)11-14-6-4-7-16-20(25)17-12-15(24-22(26)23(27)28)9-10-19(17)30-21(14)16/h2-3,5,8-12H,4,6-7H2,1H3,(H,24,26)(H,27,28)/b14-11+. The van der Waals surface area contributed by atoms with Gasteiger partial charge in [0.2, 0.25) is 0 Å². The maximum absolute atomic E-state index is 13.1. The molecule has 0 unspecified atom stereocenters. The third-order valence-corrected chi connectivity index (χ3v) is 5.07. The topological polar surface area (TPSA) is 106 Å². The third-order valence-electron chi connectivity index (χ3n) is 5.07. The largest absolute Gasteiger partial charge is 0.496 e. The molecule has 1 heterocycles. The number of hydrogen-bond donors (Lipinski definition) is 2. The minimum Gasteiger partial charge on any atom is -0.496 e. The Morgan fingerprint density at radius 3 is 2.73 bits per heavy atom. The highest BCUT2D eigenvalue weighted by atomic mass is 16.5. The fourth-order valence-corrected chi connectivity index (χ4v) is 3.66. The van der Waals surface area contributed by atoms with Crippen LogP contribution < -0.4 is 15.5 Å². The van der Waals surface area contributed by atoms with Gasteiger partial charge in [-0.3, -0.25) is 9.59 Å². The van der Waals surface area contributed by atoms with E-state index in [1.165, 1.54) is 12.1 Å². The van der Waals surface area contributed by atoms with Crippen LogP contribution in [0.1, 0.15) is 29.7 Å². The Labute approximate surface area is 171 Å². The van der Waals surface area contributed by atoms with Crippen LogP contribution in [0.25, 0.3) is 22.6 Å². The van der Waals surface area contributed by atoms with Gasteiger partial charge in [0, 0.05) is 16.8 Å². The number of carbonyl (C=O) groups excluding carboxylic acids is 1. The molecule has 3 aromatic rings. The molecule has 30 heavy (non-hydrogen) atoms. The molecule has 0 spiro atoms. The molecule has 2 aromatic carbocycles. The van der Waals surface area contributed by atoms with Crippen molar-refractivity contribution in [2.45, 2.75) is 19.3 Å². The van der Waals surface area contributed by atoms with Gasteiger partial charge in [-0.25, -0.2) is 4.79 Å². The van der Waals surface area contributed by atoms with Crippen LogP contribution in [0.2, 0.25) is 0 Å². The van der Waals surface area contributed by atoms with Crippen LogP contribution in [0.15, 0.2) is 51.7 Å². The smallest absolute Gasteiger partial charge is 0.394 e. The predicted molar refractivity (Wildman–Crippen MR) is 113 cm³/mol. The first-order chi connectivity index (χ1) is 14.5. The molecule has 152 valence electrons. The molecule has 0 atom stereocenters. The Morgan fingerprint density at radius 1 is 1.17 bits per heavy atom. The minimum absolute atomic E-state index is 0.177. The van der Waals surface area contributed by atoms with Crippen molar-refractivity contribution in [2.75, 3.05) is 12.4 Å². The number of carbonyl (C=O) groups is 2. The number of para-hydroxylation sites is 1. The number of fused-ring (bicyclic) bond motifs is 2. The number of carboxylic acids is 1. The van der Waals surface area contributed by atoms with Gasteiger partial charge in [0.1, 0.15) is 17.1 Å². The van der Waals surface area contributed by atoms with Crippen molar-refractivity contribution in [3.05, 3.63) is 69.6 Å². The van der Waals surface area contributed by atoms with Crippen LogP contribution >= 0.6 is 0 Å². The molecular weight excluding hydrogens is 386 g/mol. The summed E-state index contributed by atoms with van der Waals surface area (Å²) >= 11 is 0. The van der Waals surface area contributed by atoms with Crippen LogP contribution in [-0.4, -0.2) is 24.1 Å². The molecule has 4 rings (SSSR count). The van der Waals surface area contributed by atoms with E-state index < -0.39 is 11.9 Å². The average Bonchev–Trinajstić information content (AvgIpc) is 2.75. The van der Waals surface area contributed by atoms with Gasteiger partial charge in [0.15, 0.2) is 5.43 Å². The lowest BCUT2D eigenvalue weighted by molar-refractivity contribution is -0.147. The SMILES string of the molecule is COc1ccccc1/C=C1\CCCc2c1oc1ccc(NC(=O)C(=O)O)cc1c2=O. The Kier molecular flexibility index (Phi) is 5.10. The van der Waals surface area contributed by atoms with Crippen molar-refractivity contribution in [3.63, 3.8) is 0 Å². The highest BCUT2D eigenvalue weighted by molar-refractivity contribution is 6.36. The third kappa shape index (κ3) is 3.57. The van der Waals surface area contributed by atoms with Crippen LogP contribution in [0, 0.1) is 0 Å². The average molecular weight is 405 g/mol. The van der Waals surface area contributed by atoms with Crippen molar-refractivity contribution in [3.8, 4) is 5.75 Å². The van der Waals surface area contributed by atoms with Gasteiger partial charge < -0.3 is 19.6 Å². The molecule has 1 amide bonds. The summed E-state index contributed by atoms with van der Waals surface area (Å²) in [4.78, 5) is 35.3. The maximum atomic E-state index is 13.1. The zero-order chi connectivity index (χ0) is 21.3. The first kappa shape index (κ1) is 19.4. The van der Waals surface area contributed by atoms with Crippen LogP contribution in [0.5, 0.6) is 5.75 Å². The fourth-order valence-electron chi connectivity index (χ4n) is 3.66. The van der Waals surface area contributed by atoms with Crippen molar-refractivity contribution in [1.29, 1.82) is 0 Å². The molecule has 0 aliphatic heterocycles. The number of hydrogen-bond acceptors (Lipinski definition) is 5. The number of amides is 1. The van der Waals surface area contributed by atoms with Crippen molar-refractivity contribution < 1.29 is 23.8 Å². The number of methoxy groups -OCH3 is 1. The second-order valence-electron chi connectivity index (χ2n) is 6.97. The Hall–Kier alpha value is -3.87. The summed E-state index contributed by atoms with van der Waals surface area (Å²) < 4.78 is 11.5. The van der Waals surface area contributed by atoms with Crippen LogP contribution in [0.4, 0.5) is 5.69 Å². The van der Waals surface area contributed by atoms with Gasteiger partial charge >= 0.3 is 11.9 Å². The summed E-state index contributed by atoms with van der Waals surface area (Å²) in [5.74, 6) is -1.47. The molecule has 7 heteroatoms. The minimum atomic E-state index is -1.60. The monoisotopic (exact) mass is 405 g/mol. The van der Waals surface area contributed by atoms with E-state index in [1.807, 2.05) is 30.3 Å². The number of nitrogens with one attached hydrogen (secondary N) is 1. The van der Waals surface area contributed by atoms with E-state index in [9.17, 15) is 14.4 Å². The lowest BCUT2D eigenvalue weighted by atomic mass is 9.90. The second-order valence-corrected chi connectivity index (χ2v) is 6.97. The quantitative estimate of drug-likeness (QED) is 0.644. The fraction of sp³-hybridized carbons (Fsp3) is 0.174. The van der Waals surface area contributed by atoms with E-state index >= 15 is 0 Å². The number of aliphatic carboxylic acids is 1. The molecular formula is C23H19NO6. The van der Waals surface area contributed by atoms with E-state index in [2.05, 4.69) is 5.32 Å². The molecule has 1 aromatic heterocycles. The summed E-state index contributed by atoms with van der Waals surface area (Å²) in [6.07, 6.45) is 4.14. The van der Waals surface area contributed by atoms with Gasteiger partial charge in [-0.2, -0.15) is 0 Å². The maximum Gasteiger partial charge on any atom is 0.394 e. The molecule has 2 N–H and O–H groups in total. The van der Waals surface area contributed by atoms with Crippen molar-refractivity contribution >= 4 is 40.2 Å². The van der Waals surface area contributed by atoms with Crippen LogP contribution in [0.3, 0.4) is 0 Å². The summed E-state index contributed by atoms with van der Waals surface area (Å²) in [7, 11) is 1.61. The molecule has 7 nitrogen and oxygen atoms in total. The van der Waals surface area contributed by atoms with Gasteiger partial charge in [0.25, 0.3) is 0 Å². The highest BCUT2D eigenvalue weighted by Crippen LogP contribution is 2.34. The number of carboxylic acid groups (broad SMARTS) is 1. The predicted octanol–water partition coefficient (Wildman–Crippen LogP) is 3.70. The van der Waals surface area contributed by atoms with Gasteiger partial charge in [-0.05, 0) is 55.2 Å². The number of anilines is 1. The number of rotatable bonds is 3. The van der Waals surface area contributed by atoms with E-state index in [1.54, 1.807) is 13.2 Å². The number of benzene rings is 2. The number of ether oxygens (including phenoxy) is 1. The van der Waals surface area contributed by atoms with Crippen molar-refractivity contribution in [2.24, 2.45) is 0 Å². The molecule has 1 aliphatic carbocycles. The molecule has 0 saturated carbocycles. The first-order valence-electron chi connectivity index (χ1n) is 9.46. The summed E-state index contributed by atoms with van der Waals surface area (Å²) in [6, 6.07) is 12.1. The normalized spacial score (nSPS) is 14.4. The van der Waals surface area contributed by atoms with Crippen molar-refractivity contribution in [1.82, 2.24) is 0 Å². The van der Waals surface area contributed by atoms with Gasteiger partial charge in [-0.1, -0.05) is 18.2 Å². The van der Waals surface area contributed by atoms with Crippen LogP contribution in [-0.2, 0) is 16.0 Å². The number of allylic oxidation sites excluding steroid dienone is 1. The first-order valence-corrected chi connectivity index (χ1v) is 9.46. The van der Waals surface area contributed by atoms with E-state index in [0.717, 1.165) is 29.7 Å². The lowest BCUT2D eigenvalue weighted by Gasteiger charge is -2.18. The van der Waals surface area contributed by atoms with E-state index in [4.69, 9.17) is 14.3 Å². The molecule has 0 fully saturated rings. The van der Waals surface area contributed by atoms with E-state index in [-0.39, 0.29) is 11.1 Å². The van der Waals surface area contributed by atoms with Gasteiger partial charge in [0.05, 0.1) is 12.5 Å². The summed E-state index contributed by atoms with van der Waals surface area (Å²) in [5, 5.41) is 11.3.